The van der Waals surface area contributed by atoms with Crippen LogP contribution < -0.4 is 4.74 Å². The van der Waals surface area contributed by atoms with E-state index in [0.717, 1.165) is 17.9 Å². The van der Waals surface area contributed by atoms with Gasteiger partial charge >= 0.3 is 5.97 Å². The van der Waals surface area contributed by atoms with Gasteiger partial charge in [0, 0.05) is 13.1 Å². The third kappa shape index (κ3) is 5.75. The molecule has 4 heteroatoms. The molecule has 0 fully saturated rings. The van der Waals surface area contributed by atoms with E-state index >= 15 is 0 Å². The van der Waals surface area contributed by atoms with Crippen LogP contribution in [0.4, 0.5) is 0 Å². The lowest BCUT2D eigenvalue weighted by Crippen LogP contribution is -2.27. The Morgan fingerprint density at radius 3 is 2.68 bits per heavy atom. The average molecular weight is 265 g/mol. The summed E-state index contributed by atoms with van der Waals surface area (Å²) in [5.74, 6) is 0.753. The monoisotopic (exact) mass is 265 g/mol. The van der Waals surface area contributed by atoms with Crippen molar-refractivity contribution in [2.45, 2.75) is 20.3 Å². The Labute approximate surface area is 115 Å². The number of carbonyl (C=O) groups excluding carboxylic acids is 1. The molecule has 0 radical (unpaired) electrons. The molecule has 0 spiro atoms. The van der Waals surface area contributed by atoms with E-state index in [1.54, 1.807) is 0 Å². The first-order valence-corrected chi connectivity index (χ1v) is 6.48. The highest BCUT2D eigenvalue weighted by atomic mass is 16.5. The molecule has 0 heterocycles. The van der Waals surface area contributed by atoms with Gasteiger partial charge in [-0.1, -0.05) is 12.1 Å². The van der Waals surface area contributed by atoms with Gasteiger partial charge in [0.2, 0.25) is 0 Å². The van der Waals surface area contributed by atoms with Gasteiger partial charge in [0.15, 0.2) is 0 Å². The van der Waals surface area contributed by atoms with E-state index in [9.17, 15) is 4.79 Å². The molecule has 1 aromatic carbocycles. The molecule has 0 atom stereocenters. The Morgan fingerprint density at radius 1 is 1.26 bits per heavy atom. The Bertz CT molecular complexity index is 418. The lowest BCUT2D eigenvalue weighted by molar-refractivity contribution is -0.140. The molecule has 19 heavy (non-hydrogen) atoms. The fourth-order valence-corrected chi connectivity index (χ4v) is 1.67. The molecule has 0 N–H and O–H groups in total. The van der Waals surface area contributed by atoms with Gasteiger partial charge in [-0.15, -0.1) is 0 Å². The fraction of sp³-hybridized carbons (Fsp3) is 0.533. The molecule has 0 aliphatic heterocycles. The number of benzene rings is 1. The van der Waals surface area contributed by atoms with Crippen LogP contribution >= 0.6 is 0 Å². The number of methoxy groups -OCH3 is 1. The van der Waals surface area contributed by atoms with Gasteiger partial charge in [-0.25, -0.2) is 0 Å². The summed E-state index contributed by atoms with van der Waals surface area (Å²) in [5.41, 5.74) is 2.34. The number of aryl methyl sites for hydroxylation is 2. The van der Waals surface area contributed by atoms with Crippen molar-refractivity contribution < 1.29 is 14.3 Å². The molecule has 4 nitrogen and oxygen atoms in total. The Hall–Kier alpha value is -1.55. The molecular weight excluding hydrogens is 242 g/mol. The maximum absolute atomic E-state index is 11.0. The fourth-order valence-electron chi connectivity index (χ4n) is 1.67. The summed E-state index contributed by atoms with van der Waals surface area (Å²) < 4.78 is 10.4. The molecule has 1 rings (SSSR count). The minimum Gasteiger partial charge on any atom is -0.492 e. The van der Waals surface area contributed by atoms with Gasteiger partial charge in [0.1, 0.15) is 12.4 Å². The molecule has 106 valence electrons. The summed E-state index contributed by atoms with van der Waals surface area (Å²) in [7, 11) is 3.38. The molecule has 1 aromatic rings. The summed E-state index contributed by atoms with van der Waals surface area (Å²) in [6.07, 6.45) is 0.413. The third-order valence-corrected chi connectivity index (χ3v) is 3.00. The van der Waals surface area contributed by atoms with E-state index in [4.69, 9.17) is 4.74 Å². The average Bonchev–Trinajstić information content (AvgIpc) is 2.40. The van der Waals surface area contributed by atoms with Crippen molar-refractivity contribution in [3.8, 4) is 5.75 Å². The highest BCUT2D eigenvalue weighted by Crippen LogP contribution is 2.18. The predicted molar refractivity (Wildman–Crippen MR) is 75.5 cm³/mol. The zero-order chi connectivity index (χ0) is 14.3. The first-order valence-electron chi connectivity index (χ1n) is 6.48. The maximum Gasteiger partial charge on any atom is 0.306 e. The van der Waals surface area contributed by atoms with E-state index in [2.05, 4.69) is 28.7 Å². The van der Waals surface area contributed by atoms with Crippen molar-refractivity contribution in [2.75, 3.05) is 33.9 Å². The molecule has 0 aliphatic carbocycles. The zero-order valence-electron chi connectivity index (χ0n) is 12.2. The molecular formula is C15H23NO3. The Kier molecular flexibility index (Phi) is 6.36. The van der Waals surface area contributed by atoms with Crippen molar-refractivity contribution in [2.24, 2.45) is 0 Å². The van der Waals surface area contributed by atoms with Crippen LogP contribution in [-0.2, 0) is 9.53 Å². The molecule has 0 bridgehead atoms. The van der Waals surface area contributed by atoms with Gasteiger partial charge in [-0.05, 0) is 38.1 Å². The van der Waals surface area contributed by atoms with Crippen molar-refractivity contribution in [3.63, 3.8) is 0 Å². The van der Waals surface area contributed by atoms with Gasteiger partial charge in [0.05, 0.1) is 13.5 Å². The summed E-state index contributed by atoms with van der Waals surface area (Å²) in [6.45, 7) is 6.17. The van der Waals surface area contributed by atoms with Crippen LogP contribution in [0.2, 0.25) is 0 Å². The van der Waals surface area contributed by atoms with Crippen LogP contribution in [0.5, 0.6) is 5.75 Å². The number of rotatable bonds is 7. The van der Waals surface area contributed by atoms with E-state index in [-0.39, 0.29) is 5.97 Å². The van der Waals surface area contributed by atoms with E-state index in [1.807, 2.05) is 20.0 Å². The van der Waals surface area contributed by atoms with Crippen molar-refractivity contribution in [1.82, 2.24) is 4.90 Å². The van der Waals surface area contributed by atoms with Crippen LogP contribution in [0.3, 0.4) is 0 Å². The lowest BCUT2D eigenvalue weighted by Gasteiger charge is -2.17. The van der Waals surface area contributed by atoms with Crippen LogP contribution in [0.1, 0.15) is 17.5 Å². The Balaban J connectivity index is 2.29. The first-order chi connectivity index (χ1) is 9.02. The second kappa shape index (κ2) is 7.79. The second-order valence-corrected chi connectivity index (χ2v) is 4.75. The number of ether oxygens (including phenoxy) is 2. The molecule has 0 unspecified atom stereocenters. The van der Waals surface area contributed by atoms with E-state index in [0.29, 0.717) is 19.6 Å². The largest absolute Gasteiger partial charge is 0.492 e. The highest BCUT2D eigenvalue weighted by Gasteiger charge is 2.05. The molecule has 0 saturated carbocycles. The predicted octanol–water partition coefficient (Wildman–Crippen LogP) is 2.18. The number of esters is 1. The second-order valence-electron chi connectivity index (χ2n) is 4.75. The minimum absolute atomic E-state index is 0.178. The lowest BCUT2D eigenvalue weighted by atomic mass is 10.1. The molecule has 0 aromatic heterocycles. The normalized spacial score (nSPS) is 10.6. The number of carbonyl (C=O) groups is 1. The maximum atomic E-state index is 11.0. The summed E-state index contributed by atoms with van der Waals surface area (Å²) in [4.78, 5) is 13.1. The third-order valence-electron chi connectivity index (χ3n) is 3.00. The van der Waals surface area contributed by atoms with Crippen LogP contribution in [-0.4, -0.2) is 44.7 Å². The van der Waals surface area contributed by atoms with Crippen LogP contribution in [0, 0.1) is 13.8 Å². The molecule has 0 saturated heterocycles. The van der Waals surface area contributed by atoms with E-state index < -0.39 is 0 Å². The molecule has 0 aliphatic rings. The number of hydrogen-bond donors (Lipinski definition) is 0. The van der Waals surface area contributed by atoms with Crippen molar-refractivity contribution >= 4 is 5.97 Å². The molecule has 0 amide bonds. The topological polar surface area (TPSA) is 38.8 Å². The first kappa shape index (κ1) is 15.5. The van der Waals surface area contributed by atoms with E-state index in [1.165, 1.54) is 12.7 Å². The summed E-state index contributed by atoms with van der Waals surface area (Å²) in [6, 6.07) is 6.18. The zero-order valence-corrected chi connectivity index (χ0v) is 12.2. The SMILES string of the molecule is COC(=O)CCN(C)CCOc1cc(C)ccc1C. The standard InChI is InChI=1S/C15H23NO3/c1-12-5-6-13(2)14(11-12)19-10-9-16(3)8-7-15(17)18-4/h5-6,11H,7-10H2,1-4H3. The van der Waals surface area contributed by atoms with Gasteiger partial charge in [-0.3, -0.25) is 4.79 Å². The number of likely N-dealkylation sites (N-methyl/N-ethyl adjacent to an activating group) is 1. The van der Waals surface area contributed by atoms with Crippen LogP contribution in [0.15, 0.2) is 18.2 Å². The van der Waals surface area contributed by atoms with Crippen molar-refractivity contribution in [1.29, 1.82) is 0 Å². The van der Waals surface area contributed by atoms with Gasteiger partial charge in [0.25, 0.3) is 0 Å². The minimum atomic E-state index is -0.178. The van der Waals surface area contributed by atoms with Gasteiger partial charge in [-0.2, -0.15) is 0 Å². The van der Waals surface area contributed by atoms with Crippen LogP contribution in [0.25, 0.3) is 0 Å². The smallest absolute Gasteiger partial charge is 0.306 e. The number of nitrogens with zero attached hydrogens (tertiary/aromatic N) is 1. The van der Waals surface area contributed by atoms with Gasteiger partial charge < -0.3 is 14.4 Å². The number of hydrogen-bond acceptors (Lipinski definition) is 4. The summed E-state index contributed by atoms with van der Waals surface area (Å²) >= 11 is 0. The summed E-state index contributed by atoms with van der Waals surface area (Å²) in [5, 5.41) is 0. The Morgan fingerprint density at radius 2 is 2.00 bits per heavy atom. The highest BCUT2D eigenvalue weighted by molar-refractivity contribution is 5.69. The quantitative estimate of drug-likeness (QED) is 0.708. The van der Waals surface area contributed by atoms with Crippen molar-refractivity contribution in [3.05, 3.63) is 29.3 Å².